The third-order valence-electron chi connectivity index (χ3n) is 3.17. The van der Waals surface area contributed by atoms with Crippen LogP contribution in [-0.2, 0) is 20.9 Å². The van der Waals surface area contributed by atoms with Crippen LogP contribution >= 0.6 is 11.6 Å². The quantitative estimate of drug-likeness (QED) is 0.571. The number of hydrogen-bond donors (Lipinski definition) is 0. The van der Waals surface area contributed by atoms with Crippen molar-refractivity contribution in [2.75, 3.05) is 7.11 Å². The van der Waals surface area contributed by atoms with Gasteiger partial charge in [0, 0.05) is 6.20 Å². The Hall–Kier alpha value is -2.13. The summed E-state index contributed by atoms with van der Waals surface area (Å²) >= 11 is 5.87. The summed E-state index contributed by atoms with van der Waals surface area (Å²) in [5, 5.41) is 1.48. The Morgan fingerprint density at radius 1 is 1.28 bits per heavy atom. The van der Waals surface area contributed by atoms with Crippen molar-refractivity contribution < 1.29 is 26.4 Å². The van der Waals surface area contributed by atoms with Gasteiger partial charge >= 0.3 is 6.18 Å². The molecule has 0 fully saturated rings. The average molecular weight is 393 g/mol. The van der Waals surface area contributed by atoms with Gasteiger partial charge in [0.25, 0.3) is 0 Å². The molecule has 2 aromatic rings. The summed E-state index contributed by atoms with van der Waals surface area (Å²) in [5.74, 6) is 0. The van der Waals surface area contributed by atoms with E-state index in [-0.39, 0.29) is 10.6 Å². The van der Waals surface area contributed by atoms with Gasteiger partial charge in [0.05, 0.1) is 27.4 Å². The number of rotatable bonds is 5. The van der Waals surface area contributed by atoms with E-state index in [1.807, 2.05) is 0 Å². The first-order valence-corrected chi connectivity index (χ1v) is 8.68. The van der Waals surface area contributed by atoms with E-state index in [0.717, 1.165) is 6.21 Å². The molecule has 0 aliphatic carbocycles. The van der Waals surface area contributed by atoms with Gasteiger partial charge in [-0.2, -0.15) is 13.2 Å². The van der Waals surface area contributed by atoms with Crippen LogP contribution in [0.4, 0.5) is 13.2 Å². The molecule has 1 aromatic carbocycles. The second-order valence-corrected chi connectivity index (χ2v) is 7.28. The van der Waals surface area contributed by atoms with E-state index in [0.29, 0.717) is 12.3 Å². The van der Waals surface area contributed by atoms with E-state index < -0.39 is 31.8 Å². The molecule has 0 bridgehead atoms. The zero-order valence-electron chi connectivity index (χ0n) is 12.7. The molecule has 0 spiro atoms. The number of pyridine rings is 1. The van der Waals surface area contributed by atoms with Crippen LogP contribution in [0, 0.1) is 0 Å². The first-order valence-electron chi connectivity index (χ1n) is 6.76. The standard InChI is InChI=1S/C15H12ClF3N2O3S/c1-24-21-9-13(25(22,23)11-5-3-2-4-6-11)14-12(16)7-10(8-20-14)15(17,18)19/h2-9,13H,1H3/b21-9-/t13-/m0/s1. The van der Waals surface area contributed by atoms with Crippen molar-refractivity contribution in [1.82, 2.24) is 4.98 Å². The lowest BCUT2D eigenvalue weighted by Crippen LogP contribution is -2.18. The molecular formula is C15H12ClF3N2O3S. The molecule has 2 rings (SSSR count). The Kier molecular flexibility index (Phi) is 5.69. The fourth-order valence-electron chi connectivity index (χ4n) is 1.98. The smallest absolute Gasteiger partial charge is 0.399 e. The van der Waals surface area contributed by atoms with Crippen molar-refractivity contribution in [3.05, 3.63) is 58.9 Å². The fraction of sp³-hybridized carbons (Fsp3) is 0.200. The van der Waals surface area contributed by atoms with Crippen LogP contribution in [0.1, 0.15) is 16.5 Å². The molecule has 0 unspecified atom stereocenters. The lowest BCUT2D eigenvalue weighted by Gasteiger charge is -2.15. The molecule has 0 radical (unpaired) electrons. The Bertz CT molecular complexity index is 871. The third-order valence-corrected chi connectivity index (χ3v) is 5.42. The lowest BCUT2D eigenvalue weighted by molar-refractivity contribution is -0.137. The topological polar surface area (TPSA) is 68.6 Å². The van der Waals surface area contributed by atoms with Gasteiger partial charge in [-0.25, -0.2) is 8.42 Å². The van der Waals surface area contributed by atoms with Gasteiger partial charge in [-0.1, -0.05) is 35.0 Å². The number of benzene rings is 1. The highest BCUT2D eigenvalue weighted by Gasteiger charge is 2.35. The number of oxime groups is 1. The SMILES string of the molecule is CO/N=C\[C@@H](c1ncc(C(F)(F)F)cc1Cl)S(=O)(=O)c1ccccc1. The van der Waals surface area contributed by atoms with E-state index >= 15 is 0 Å². The van der Waals surface area contributed by atoms with Crippen LogP contribution in [0.15, 0.2) is 52.6 Å². The van der Waals surface area contributed by atoms with E-state index in [2.05, 4.69) is 15.0 Å². The van der Waals surface area contributed by atoms with Crippen molar-refractivity contribution in [1.29, 1.82) is 0 Å². The normalized spacial score (nSPS) is 13.8. The van der Waals surface area contributed by atoms with Crippen LogP contribution in [-0.4, -0.2) is 26.7 Å². The minimum atomic E-state index is -4.65. The maximum absolute atomic E-state index is 12.8. The van der Waals surface area contributed by atoms with Crippen LogP contribution in [0.2, 0.25) is 5.02 Å². The number of aromatic nitrogens is 1. The summed E-state index contributed by atoms with van der Waals surface area (Å²) in [4.78, 5) is 8.05. The van der Waals surface area contributed by atoms with Crippen LogP contribution in [0.3, 0.4) is 0 Å². The van der Waals surface area contributed by atoms with Gasteiger partial charge in [-0.05, 0) is 18.2 Å². The maximum Gasteiger partial charge on any atom is 0.417 e. The minimum Gasteiger partial charge on any atom is -0.399 e. The first-order chi connectivity index (χ1) is 11.7. The van der Waals surface area contributed by atoms with E-state index in [4.69, 9.17) is 11.6 Å². The van der Waals surface area contributed by atoms with E-state index in [1.165, 1.54) is 31.4 Å². The zero-order chi connectivity index (χ0) is 18.7. The number of sulfone groups is 1. The average Bonchev–Trinajstić information content (AvgIpc) is 2.56. The number of halogens is 4. The largest absolute Gasteiger partial charge is 0.417 e. The van der Waals surface area contributed by atoms with E-state index in [9.17, 15) is 21.6 Å². The van der Waals surface area contributed by atoms with Gasteiger partial charge in [0.1, 0.15) is 12.4 Å². The Labute approximate surface area is 147 Å². The molecule has 1 aromatic heterocycles. The summed E-state index contributed by atoms with van der Waals surface area (Å²) in [7, 11) is -2.86. The molecule has 0 saturated heterocycles. The molecule has 1 atom stereocenters. The van der Waals surface area contributed by atoms with Crippen LogP contribution < -0.4 is 0 Å². The second kappa shape index (κ2) is 7.40. The van der Waals surface area contributed by atoms with Crippen molar-refractivity contribution >= 4 is 27.7 Å². The number of hydrogen-bond acceptors (Lipinski definition) is 5. The summed E-state index contributed by atoms with van der Waals surface area (Å²) in [6, 6.07) is 7.97. The van der Waals surface area contributed by atoms with Gasteiger partial charge in [-0.3, -0.25) is 4.98 Å². The molecule has 0 saturated carbocycles. The molecule has 0 amide bonds. The van der Waals surface area contributed by atoms with Crippen molar-refractivity contribution in [3.8, 4) is 0 Å². The summed E-state index contributed by atoms with van der Waals surface area (Å²) in [6.07, 6.45) is -3.21. The highest BCUT2D eigenvalue weighted by molar-refractivity contribution is 7.92. The molecule has 10 heteroatoms. The minimum absolute atomic E-state index is 0.0553. The van der Waals surface area contributed by atoms with Gasteiger partial charge in [-0.15, -0.1) is 0 Å². The molecule has 5 nitrogen and oxygen atoms in total. The monoisotopic (exact) mass is 392 g/mol. The van der Waals surface area contributed by atoms with Gasteiger partial charge in [0.15, 0.2) is 9.84 Å². The van der Waals surface area contributed by atoms with E-state index in [1.54, 1.807) is 6.07 Å². The zero-order valence-corrected chi connectivity index (χ0v) is 14.3. The molecule has 0 aliphatic heterocycles. The Morgan fingerprint density at radius 3 is 2.44 bits per heavy atom. The Morgan fingerprint density at radius 2 is 1.92 bits per heavy atom. The fourth-order valence-corrected chi connectivity index (χ4v) is 3.85. The summed E-state index contributed by atoms with van der Waals surface area (Å²) < 4.78 is 63.8. The summed E-state index contributed by atoms with van der Waals surface area (Å²) in [5.41, 5.74) is -1.36. The van der Waals surface area contributed by atoms with Gasteiger partial charge < -0.3 is 4.84 Å². The number of alkyl halides is 3. The predicted molar refractivity (Wildman–Crippen MR) is 86.1 cm³/mol. The first kappa shape index (κ1) is 19.2. The number of nitrogens with zero attached hydrogens (tertiary/aromatic N) is 2. The van der Waals surface area contributed by atoms with Crippen LogP contribution in [0.25, 0.3) is 0 Å². The summed E-state index contributed by atoms with van der Waals surface area (Å²) in [6.45, 7) is 0. The molecule has 134 valence electrons. The highest BCUT2D eigenvalue weighted by atomic mass is 35.5. The lowest BCUT2D eigenvalue weighted by atomic mass is 10.2. The molecular weight excluding hydrogens is 381 g/mol. The molecule has 0 N–H and O–H groups in total. The molecule has 1 heterocycles. The van der Waals surface area contributed by atoms with Crippen molar-refractivity contribution in [2.45, 2.75) is 16.3 Å². The molecule has 25 heavy (non-hydrogen) atoms. The third kappa shape index (κ3) is 4.29. The predicted octanol–water partition coefficient (Wildman–Crippen LogP) is 3.90. The second-order valence-electron chi connectivity index (χ2n) is 4.80. The van der Waals surface area contributed by atoms with Crippen molar-refractivity contribution in [3.63, 3.8) is 0 Å². The maximum atomic E-state index is 12.8. The van der Waals surface area contributed by atoms with Crippen LogP contribution in [0.5, 0.6) is 0 Å². The molecule has 0 aliphatic rings. The van der Waals surface area contributed by atoms with Crippen molar-refractivity contribution in [2.24, 2.45) is 5.16 Å². The highest BCUT2D eigenvalue weighted by Crippen LogP contribution is 2.35. The Balaban J connectivity index is 2.58. The van der Waals surface area contributed by atoms with Gasteiger partial charge in [0.2, 0.25) is 0 Å².